The highest BCUT2D eigenvalue weighted by Crippen LogP contribution is 2.52. The Hall–Kier alpha value is -2.80. The molecule has 0 saturated heterocycles. The first-order valence-electron chi connectivity index (χ1n) is 14.6. The van der Waals surface area contributed by atoms with Crippen LogP contribution in [0.15, 0.2) is 78.9 Å². The van der Waals surface area contributed by atoms with Crippen molar-refractivity contribution in [2.45, 2.75) is 77.7 Å². The van der Waals surface area contributed by atoms with Gasteiger partial charge in [-0.05, 0) is 40.7 Å². The minimum Gasteiger partial charge on any atom is -0.375 e. The summed E-state index contributed by atoms with van der Waals surface area (Å²) in [5.74, 6) is -0.164. The highest BCUT2D eigenvalue weighted by molar-refractivity contribution is 7.48. The summed E-state index contributed by atoms with van der Waals surface area (Å²) in [4.78, 5) is 13.0. The second-order valence-corrected chi connectivity index (χ2v) is 12.2. The van der Waals surface area contributed by atoms with Gasteiger partial charge in [0.25, 0.3) is 0 Å². The van der Waals surface area contributed by atoms with Crippen LogP contribution in [0.2, 0.25) is 0 Å². The lowest BCUT2D eigenvalue weighted by atomic mass is 10.0. The summed E-state index contributed by atoms with van der Waals surface area (Å²) in [5.41, 5.74) is 5.06. The molecule has 4 rings (SSSR count). The van der Waals surface area contributed by atoms with Crippen LogP contribution in [0.1, 0.15) is 66.8 Å². The molecule has 0 aromatic heterocycles. The van der Waals surface area contributed by atoms with Gasteiger partial charge in [0.1, 0.15) is 0 Å². The molecule has 41 heavy (non-hydrogen) atoms. The molecule has 0 fully saturated rings. The molecule has 0 unspecified atom stereocenters. The first-order valence-corrected chi connectivity index (χ1v) is 16.1. The van der Waals surface area contributed by atoms with E-state index in [1.807, 2.05) is 66.7 Å². The Balaban J connectivity index is 1.30. The standard InChI is InChI=1S/C33H42NO6P/c1-2-3-4-5-7-12-27-17-19-28(20-18-27)21-33(35)34-32(25-37-22-29-13-8-6-9-14-29)26-40-41(36)38-23-30-15-10-11-16-31(30)24-39-41/h6,8-11,13-20,32H,2-5,7,12,21-26H2,1H3,(H,34,35)/t32-/m1/s1. The van der Waals surface area contributed by atoms with Gasteiger partial charge in [-0.1, -0.05) is 111 Å². The number of aryl methyl sites for hydroxylation is 1. The van der Waals surface area contributed by atoms with Gasteiger partial charge in [0.05, 0.1) is 45.5 Å². The third-order valence-corrected chi connectivity index (χ3v) is 8.42. The van der Waals surface area contributed by atoms with Gasteiger partial charge in [0.2, 0.25) is 5.91 Å². The SMILES string of the molecule is CCCCCCCc1ccc(CC(=O)N[C@H](COCc2ccccc2)COP2(=O)OCc3ccccc3CO2)cc1. The second-order valence-electron chi connectivity index (χ2n) is 10.5. The molecule has 0 bridgehead atoms. The lowest BCUT2D eigenvalue weighted by Crippen LogP contribution is -2.42. The minimum atomic E-state index is -3.82. The fourth-order valence-electron chi connectivity index (χ4n) is 4.67. The summed E-state index contributed by atoms with van der Waals surface area (Å²) in [7, 11) is -3.82. The lowest BCUT2D eigenvalue weighted by Gasteiger charge is -2.22. The van der Waals surface area contributed by atoms with Crippen molar-refractivity contribution in [1.29, 1.82) is 0 Å². The van der Waals surface area contributed by atoms with Gasteiger partial charge in [0.15, 0.2) is 0 Å². The number of nitrogens with one attached hydrogen (secondary N) is 1. The molecule has 1 aliphatic rings. The van der Waals surface area contributed by atoms with Crippen molar-refractivity contribution in [2.24, 2.45) is 0 Å². The first kappa shape index (κ1) is 31.1. The summed E-state index contributed by atoms with van der Waals surface area (Å²) in [6.45, 7) is 2.97. The van der Waals surface area contributed by atoms with Crippen molar-refractivity contribution in [3.8, 4) is 0 Å². The monoisotopic (exact) mass is 579 g/mol. The van der Waals surface area contributed by atoms with Gasteiger partial charge in [0, 0.05) is 0 Å². The molecule has 0 spiro atoms. The van der Waals surface area contributed by atoms with Gasteiger partial charge >= 0.3 is 7.82 Å². The fourth-order valence-corrected chi connectivity index (χ4v) is 5.86. The third kappa shape index (κ3) is 10.8. The first-order chi connectivity index (χ1) is 20.0. The molecule has 0 saturated carbocycles. The number of benzene rings is 3. The van der Waals surface area contributed by atoms with E-state index < -0.39 is 13.9 Å². The number of unbranched alkanes of at least 4 members (excludes halogenated alkanes) is 4. The molecule has 0 radical (unpaired) electrons. The van der Waals surface area contributed by atoms with E-state index in [1.54, 1.807) is 0 Å². The van der Waals surface area contributed by atoms with Gasteiger partial charge in [-0.25, -0.2) is 4.57 Å². The van der Waals surface area contributed by atoms with E-state index >= 15 is 0 Å². The predicted molar refractivity (Wildman–Crippen MR) is 160 cm³/mol. The van der Waals surface area contributed by atoms with Crippen LogP contribution in [0.5, 0.6) is 0 Å². The number of phosphoric acid groups is 1. The molecule has 3 aromatic rings. The van der Waals surface area contributed by atoms with Gasteiger partial charge in [-0.2, -0.15) is 0 Å². The maximum absolute atomic E-state index is 13.2. The zero-order valence-corrected chi connectivity index (χ0v) is 24.9. The molecule has 1 heterocycles. The number of ether oxygens (including phenoxy) is 1. The number of carbonyl (C=O) groups excluding carboxylic acids is 1. The van der Waals surface area contributed by atoms with E-state index in [2.05, 4.69) is 24.4 Å². The summed E-state index contributed by atoms with van der Waals surface area (Å²) < 4.78 is 35.9. The van der Waals surface area contributed by atoms with Crippen molar-refractivity contribution in [3.05, 3.63) is 107 Å². The summed E-state index contributed by atoms with van der Waals surface area (Å²) in [6.07, 6.45) is 7.56. The van der Waals surface area contributed by atoms with Crippen LogP contribution < -0.4 is 5.32 Å². The largest absolute Gasteiger partial charge is 0.475 e. The lowest BCUT2D eigenvalue weighted by molar-refractivity contribution is -0.122. The third-order valence-electron chi connectivity index (χ3n) is 7.06. The van der Waals surface area contributed by atoms with E-state index in [1.165, 1.54) is 37.7 Å². The Morgan fingerprint density at radius 3 is 2.12 bits per heavy atom. The topological polar surface area (TPSA) is 83.1 Å². The Labute approximate surface area is 244 Å². The number of amides is 1. The molecule has 1 amide bonds. The Morgan fingerprint density at radius 2 is 1.44 bits per heavy atom. The van der Waals surface area contributed by atoms with Crippen LogP contribution in [0, 0.1) is 0 Å². The maximum Gasteiger partial charge on any atom is 0.475 e. The molecular weight excluding hydrogens is 537 g/mol. The maximum atomic E-state index is 13.2. The normalized spacial score (nSPS) is 15.0. The molecule has 7 nitrogen and oxygen atoms in total. The van der Waals surface area contributed by atoms with E-state index in [0.717, 1.165) is 28.7 Å². The Morgan fingerprint density at radius 1 is 0.805 bits per heavy atom. The van der Waals surface area contributed by atoms with Crippen molar-refractivity contribution >= 4 is 13.7 Å². The molecule has 1 N–H and O–H groups in total. The second kappa shape index (κ2) is 16.6. The van der Waals surface area contributed by atoms with E-state index in [4.69, 9.17) is 18.3 Å². The highest BCUT2D eigenvalue weighted by atomic mass is 31.2. The summed E-state index contributed by atoms with van der Waals surface area (Å²) >= 11 is 0. The van der Waals surface area contributed by atoms with E-state index in [0.29, 0.717) is 6.61 Å². The average molecular weight is 580 g/mol. The molecule has 220 valence electrons. The van der Waals surface area contributed by atoms with Crippen LogP contribution in [0.4, 0.5) is 0 Å². The number of fused-ring (bicyclic) bond motifs is 1. The van der Waals surface area contributed by atoms with Crippen LogP contribution in [0.25, 0.3) is 0 Å². The van der Waals surface area contributed by atoms with Crippen LogP contribution in [-0.4, -0.2) is 25.2 Å². The van der Waals surface area contributed by atoms with Gasteiger partial charge in [-0.15, -0.1) is 0 Å². The zero-order valence-electron chi connectivity index (χ0n) is 24.0. The number of rotatable bonds is 16. The quantitative estimate of drug-likeness (QED) is 0.141. The molecule has 1 aliphatic heterocycles. The number of phosphoric ester groups is 1. The minimum absolute atomic E-state index is 0.0783. The van der Waals surface area contributed by atoms with Gasteiger partial charge < -0.3 is 10.1 Å². The smallest absolute Gasteiger partial charge is 0.375 e. The van der Waals surface area contributed by atoms with Crippen molar-refractivity contribution in [1.82, 2.24) is 5.32 Å². The number of carbonyl (C=O) groups is 1. The van der Waals surface area contributed by atoms with Crippen LogP contribution in [-0.2, 0) is 60.3 Å². The number of hydrogen-bond acceptors (Lipinski definition) is 6. The summed E-state index contributed by atoms with van der Waals surface area (Å²) in [5, 5.41) is 2.99. The Kier molecular flexibility index (Phi) is 12.6. The van der Waals surface area contributed by atoms with E-state index in [9.17, 15) is 9.36 Å². The zero-order chi connectivity index (χ0) is 28.8. The van der Waals surface area contributed by atoms with Crippen LogP contribution >= 0.6 is 7.82 Å². The molecular formula is C33H42NO6P. The molecule has 8 heteroatoms. The highest BCUT2D eigenvalue weighted by Gasteiger charge is 2.31. The van der Waals surface area contributed by atoms with Crippen molar-refractivity contribution in [2.75, 3.05) is 13.2 Å². The fraction of sp³-hybridized carbons (Fsp3) is 0.424. The average Bonchev–Trinajstić information content (AvgIpc) is 3.16. The van der Waals surface area contributed by atoms with Crippen molar-refractivity contribution in [3.63, 3.8) is 0 Å². The van der Waals surface area contributed by atoms with Gasteiger partial charge in [-0.3, -0.25) is 18.4 Å². The van der Waals surface area contributed by atoms with Crippen molar-refractivity contribution < 1.29 is 27.7 Å². The molecule has 0 aliphatic carbocycles. The Bertz CT molecular complexity index is 1220. The molecule has 3 aromatic carbocycles. The summed E-state index contributed by atoms with van der Waals surface area (Å²) in [6, 6.07) is 25.1. The van der Waals surface area contributed by atoms with Crippen LogP contribution in [0.3, 0.4) is 0 Å². The predicted octanol–water partition coefficient (Wildman–Crippen LogP) is 7.32. The molecule has 1 atom stereocenters. The van der Waals surface area contributed by atoms with E-state index in [-0.39, 0.29) is 38.8 Å². The number of hydrogen-bond donors (Lipinski definition) is 1.